The van der Waals surface area contributed by atoms with Crippen LogP contribution in [0, 0.1) is 11.6 Å². The normalized spacial score (nSPS) is 10.1. The van der Waals surface area contributed by atoms with Crippen LogP contribution in [0.2, 0.25) is 0 Å². The Morgan fingerprint density at radius 2 is 1.91 bits per heavy atom. The number of halogens is 2. The summed E-state index contributed by atoms with van der Waals surface area (Å²) in [5, 5.41) is 10.8. The van der Waals surface area contributed by atoms with Crippen LogP contribution in [-0.4, -0.2) is 33.6 Å². The smallest absolute Gasteiger partial charge is 0.338 e. The molecule has 0 saturated carbocycles. The number of benzene rings is 1. The van der Waals surface area contributed by atoms with Crippen LogP contribution in [0.3, 0.4) is 0 Å². The molecule has 114 valence electrons. The van der Waals surface area contributed by atoms with E-state index in [2.05, 4.69) is 15.3 Å². The van der Waals surface area contributed by atoms with Gasteiger partial charge in [0, 0.05) is 18.5 Å². The number of nitrogens with one attached hydrogen (secondary N) is 1. The van der Waals surface area contributed by atoms with Crippen LogP contribution in [0.5, 0.6) is 6.01 Å². The average molecular weight is 309 g/mol. The number of carboxylic acids is 1. The summed E-state index contributed by atoms with van der Waals surface area (Å²) >= 11 is 0. The minimum atomic E-state index is -1.20. The van der Waals surface area contributed by atoms with Gasteiger partial charge in [0.05, 0.1) is 11.3 Å². The monoisotopic (exact) mass is 309 g/mol. The number of nitrogens with zero attached hydrogens (tertiary/aromatic N) is 2. The fraction of sp³-hybridized carbons (Fsp3) is 0.0769. The molecular weight excluding hydrogens is 300 g/mol. The van der Waals surface area contributed by atoms with Gasteiger partial charge in [-0.3, -0.25) is 4.79 Å². The van der Waals surface area contributed by atoms with Gasteiger partial charge in [-0.1, -0.05) is 0 Å². The lowest BCUT2D eigenvalue weighted by Crippen LogP contribution is -2.21. The highest BCUT2D eigenvalue weighted by molar-refractivity contribution is 5.92. The number of hydrogen-bond acceptors (Lipinski definition) is 5. The van der Waals surface area contributed by atoms with Crippen molar-refractivity contribution in [2.24, 2.45) is 0 Å². The lowest BCUT2D eigenvalue weighted by Gasteiger charge is -2.07. The second kappa shape index (κ2) is 6.57. The van der Waals surface area contributed by atoms with Crippen molar-refractivity contribution in [1.82, 2.24) is 9.97 Å². The van der Waals surface area contributed by atoms with E-state index in [9.17, 15) is 18.4 Å². The highest BCUT2D eigenvalue weighted by Gasteiger charge is 2.10. The largest absolute Gasteiger partial charge is 0.478 e. The van der Waals surface area contributed by atoms with E-state index in [0.29, 0.717) is 6.07 Å². The molecule has 1 aromatic carbocycles. The molecule has 0 bridgehead atoms. The number of rotatable bonds is 5. The minimum Gasteiger partial charge on any atom is -0.478 e. The molecular formula is C13H9F2N3O4. The zero-order valence-corrected chi connectivity index (χ0v) is 10.9. The SMILES string of the molecule is O=C(COc1ncc(C(=O)O)cn1)Nc1ccc(F)cc1F. The van der Waals surface area contributed by atoms with Gasteiger partial charge in [-0.25, -0.2) is 23.5 Å². The molecule has 9 heteroatoms. The maximum Gasteiger partial charge on any atom is 0.338 e. The van der Waals surface area contributed by atoms with Crippen molar-refractivity contribution in [3.05, 3.63) is 47.8 Å². The fourth-order valence-corrected chi connectivity index (χ4v) is 1.41. The summed E-state index contributed by atoms with van der Waals surface area (Å²) in [6.45, 7) is -0.525. The first-order chi connectivity index (χ1) is 10.5. The van der Waals surface area contributed by atoms with Crippen LogP contribution < -0.4 is 10.1 Å². The zero-order chi connectivity index (χ0) is 16.1. The third-order valence-electron chi connectivity index (χ3n) is 2.41. The van der Waals surface area contributed by atoms with Gasteiger partial charge < -0.3 is 15.2 Å². The van der Waals surface area contributed by atoms with Crippen LogP contribution in [-0.2, 0) is 4.79 Å². The molecule has 2 N–H and O–H groups in total. The molecule has 1 heterocycles. The van der Waals surface area contributed by atoms with Gasteiger partial charge in [0.1, 0.15) is 11.6 Å². The fourth-order valence-electron chi connectivity index (χ4n) is 1.41. The third-order valence-corrected chi connectivity index (χ3v) is 2.41. The predicted octanol–water partition coefficient (Wildman–Crippen LogP) is 1.47. The van der Waals surface area contributed by atoms with Crippen LogP contribution >= 0.6 is 0 Å². The van der Waals surface area contributed by atoms with Crippen LogP contribution in [0.25, 0.3) is 0 Å². The Labute approximate surface area is 122 Å². The molecule has 0 radical (unpaired) electrons. The van der Waals surface area contributed by atoms with E-state index in [1.54, 1.807) is 0 Å². The maximum absolute atomic E-state index is 13.3. The minimum absolute atomic E-state index is 0.134. The van der Waals surface area contributed by atoms with E-state index in [1.165, 1.54) is 0 Å². The molecule has 0 aliphatic heterocycles. The Bertz CT molecular complexity index is 707. The number of hydrogen-bond donors (Lipinski definition) is 2. The Morgan fingerprint density at radius 3 is 2.50 bits per heavy atom. The van der Waals surface area contributed by atoms with Gasteiger partial charge in [0.2, 0.25) is 0 Å². The first kappa shape index (κ1) is 15.3. The van der Waals surface area contributed by atoms with Gasteiger partial charge >= 0.3 is 12.0 Å². The van der Waals surface area contributed by atoms with Crippen LogP contribution in [0.1, 0.15) is 10.4 Å². The van der Waals surface area contributed by atoms with E-state index in [-0.39, 0.29) is 17.3 Å². The Balaban J connectivity index is 1.91. The van der Waals surface area contributed by atoms with Crippen LogP contribution in [0.4, 0.5) is 14.5 Å². The molecule has 1 amide bonds. The van der Waals surface area contributed by atoms with Crippen molar-refractivity contribution in [3.63, 3.8) is 0 Å². The molecule has 0 fully saturated rings. The zero-order valence-electron chi connectivity index (χ0n) is 10.9. The molecule has 0 aliphatic rings. The first-order valence-electron chi connectivity index (χ1n) is 5.89. The lowest BCUT2D eigenvalue weighted by atomic mass is 10.3. The summed E-state index contributed by atoms with van der Waals surface area (Å²) in [4.78, 5) is 29.3. The molecule has 1 aromatic heterocycles. The summed E-state index contributed by atoms with van der Waals surface area (Å²) in [5.74, 6) is -3.60. The quantitative estimate of drug-likeness (QED) is 0.867. The highest BCUT2D eigenvalue weighted by Crippen LogP contribution is 2.14. The predicted molar refractivity (Wildman–Crippen MR) is 69.5 cm³/mol. The van der Waals surface area contributed by atoms with Gasteiger partial charge in [-0.05, 0) is 12.1 Å². The molecule has 0 spiro atoms. The Morgan fingerprint density at radius 1 is 1.23 bits per heavy atom. The molecule has 7 nitrogen and oxygen atoms in total. The van der Waals surface area contributed by atoms with Gasteiger partial charge in [0.25, 0.3) is 5.91 Å². The molecule has 0 saturated heterocycles. The number of carboxylic acid groups (broad SMARTS) is 1. The summed E-state index contributed by atoms with van der Waals surface area (Å²) in [6, 6.07) is 2.48. The summed E-state index contributed by atoms with van der Waals surface area (Å²) in [5.41, 5.74) is -0.331. The van der Waals surface area contributed by atoms with E-state index >= 15 is 0 Å². The van der Waals surface area contributed by atoms with Crippen molar-refractivity contribution < 1.29 is 28.2 Å². The highest BCUT2D eigenvalue weighted by atomic mass is 19.1. The van der Waals surface area contributed by atoms with Gasteiger partial charge in [-0.15, -0.1) is 0 Å². The Hall–Kier alpha value is -3.10. The first-order valence-corrected chi connectivity index (χ1v) is 5.89. The average Bonchev–Trinajstić information content (AvgIpc) is 2.48. The molecule has 0 atom stereocenters. The van der Waals surface area contributed by atoms with Crippen molar-refractivity contribution in [2.75, 3.05) is 11.9 Å². The molecule has 0 unspecified atom stereocenters. The number of aromatic carboxylic acids is 1. The van der Waals surface area contributed by atoms with E-state index in [1.807, 2.05) is 0 Å². The van der Waals surface area contributed by atoms with Gasteiger partial charge in [-0.2, -0.15) is 0 Å². The molecule has 0 aliphatic carbocycles. The standard InChI is InChI=1S/C13H9F2N3O4/c14-8-1-2-10(9(15)3-8)18-11(19)6-22-13-16-4-7(5-17-13)12(20)21/h1-5H,6H2,(H,18,19)(H,20,21). The summed E-state index contributed by atoms with van der Waals surface area (Å²) in [7, 11) is 0. The molecule has 2 aromatic rings. The van der Waals surface area contributed by atoms with Crippen molar-refractivity contribution in [1.29, 1.82) is 0 Å². The topological polar surface area (TPSA) is 101 Å². The number of carbonyl (C=O) groups is 2. The van der Waals surface area contributed by atoms with Crippen molar-refractivity contribution in [2.45, 2.75) is 0 Å². The second-order valence-electron chi connectivity index (χ2n) is 4.02. The van der Waals surface area contributed by atoms with E-state index in [4.69, 9.17) is 9.84 Å². The number of anilines is 1. The number of aromatic nitrogens is 2. The molecule has 2 rings (SSSR count). The van der Waals surface area contributed by atoms with Crippen LogP contribution in [0.15, 0.2) is 30.6 Å². The summed E-state index contributed by atoms with van der Waals surface area (Å²) < 4.78 is 30.9. The number of carbonyl (C=O) groups excluding carboxylic acids is 1. The maximum atomic E-state index is 13.3. The van der Waals surface area contributed by atoms with Gasteiger partial charge in [0.15, 0.2) is 6.61 Å². The molecule has 22 heavy (non-hydrogen) atoms. The number of ether oxygens (including phenoxy) is 1. The Kier molecular flexibility index (Phi) is 4.57. The lowest BCUT2D eigenvalue weighted by molar-refractivity contribution is -0.118. The van der Waals surface area contributed by atoms with E-state index in [0.717, 1.165) is 24.5 Å². The summed E-state index contributed by atoms with van der Waals surface area (Å²) in [6.07, 6.45) is 2.03. The number of amides is 1. The second-order valence-corrected chi connectivity index (χ2v) is 4.02. The third kappa shape index (κ3) is 3.95. The van der Waals surface area contributed by atoms with E-state index < -0.39 is 30.1 Å². The van der Waals surface area contributed by atoms with Crippen molar-refractivity contribution in [3.8, 4) is 6.01 Å². The van der Waals surface area contributed by atoms with Crippen molar-refractivity contribution >= 4 is 17.6 Å².